The molecule has 0 saturated carbocycles. The van der Waals surface area contributed by atoms with Crippen LogP contribution < -0.4 is 4.72 Å². The quantitative estimate of drug-likeness (QED) is 0.510. The highest BCUT2D eigenvalue weighted by Gasteiger charge is 2.23. The first-order chi connectivity index (χ1) is 13.0. The van der Waals surface area contributed by atoms with Gasteiger partial charge in [-0.15, -0.1) is 0 Å². The summed E-state index contributed by atoms with van der Waals surface area (Å²) in [6, 6.07) is 8.85. The Morgan fingerprint density at radius 3 is 2.07 bits per heavy atom. The number of nitro benzene ring substituents is 1. The molecule has 0 aliphatic heterocycles. The molecule has 0 fully saturated rings. The van der Waals surface area contributed by atoms with Crippen LogP contribution in [0.4, 0.5) is 11.4 Å². The molecule has 0 spiro atoms. The number of non-ortho nitro benzene ring substituents is 1. The van der Waals surface area contributed by atoms with Gasteiger partial charge in [0, 0.05) is 30.9 Å². The van der Waals surface area contributed by atoms with Gasteiger partial charge in [-0.25, -0.2) is 16.8 Å². The average Bonchev–Trinajstić information content (AvgIpc) is 2.62. The number of nitrogens with zero attached hydrogens (tertiary/aromatic N) is 2. The van der Waals surface area contributed by atoms with Gasteiger partial charge in [0.2, 0.25) is 10.0 Å². The van der Waals surface area contributed by atoms with Crippen LogP contribution >= 0.6 is 0 Å². The lowest BCUT2D eigenvalue weighted by atomic mass is 10.2. The van der Waals surface area contributed by atoms with Crippen LogP contribution in [0.5, 0.6) is 0 Å². The molecule has 1 N–H and O–H groups in total. The molecule has 0 amide bonds. The van der Waals surface area contributed by atoms with E-state index in [1.54, 1.807) is 13.8 Å². The van der Waals surface area contributed by atoms with Crippen LogP contribution in [0.2, 0.25) is 0 Å². The van der Waals surface area contributed by atoms with Crippen molar-refractivity contribution in [1.29, 1.82) is 0 Å². The van der Waals surface area contributed by atoms with Gasteiger partial charge in [0.05, 0.1) is 14.7 Å². The molecule has 28 heavy (non-hydrogen) atoms. The molecule has 11 heteroatoms. The lowest BCUT2D eigenvalue weighted by Gasteiger charge is -2.18. The molecule has 2 aromatic carbocycles. The van der Waals surface area contributed by atoms with Crippen LogP contribution in [-0.2, 0) is 20.0 Å². The van der Waals surface area contributed by atoms with E-state index in [1.807, 2.05) is 0 Å². The molecule has 0 bridgehead atoms. The van der Waals surface area contributed by atoms with Crippen molar-refractivity contribution in [2.45, 2.75) is 30.6 Å². The fourth-order valence-electron chi connectivity index (χ4n) is 2.61. The van der Waals surface area contributed by atoms with Crippen LogP contribution in [0.1, 0.15) is 19.4 Å². The highest BCUT2D eigenvalue weighted by Crippen LogP contribution is 2.25. The van der Waals surface area contributed by atoms with E-state index in [-0.39, 0.29) is 21.2 Å². The van der Waals surface area contributed by atoms with Gasteiger partial charge in [0.1, 0.15) is 0 Å². The molecule has 2 aromatic rings. The van der Waals surface area contributed by atoms with E-state index in [4.69, 9.17) is 0 Å². The Morgan fingerprint density at radius 1 is 1.00 bits per heavy atom. The van der Waals surface area contributed by atoms with Crippen LogP contribution in [-0.4, -0.2) is 39.2 Å². The summed E-state index contributed by atoms with van der Waals surface area (Å²) >= 11 is 0. The number of rotatable bonds is 8. The van der Waals surface area contributed by atoms with E-state index in [0.29, 0.717) is 18.7 Å². The topological polar surface area (TPSA) is 127 Å². The van der Waals surface area contributed by atoms with E-state index in [9.17, 15) is 26.9 Å². The summed E-state index contributed by atoms with van der Waals surface area (Å²) in [5.74, 6) is 0. The Kier molecular flexibility index (Phi) is 6.42. The van der Waals surface area contributed by atoms with Crippen molar-refractivity contribution in [3.63, 3.8) is 0 Å². The number of hydrogen-bond acceptors (Lipinski definition) is 6. The van der Waals surface area contributed by atoms with Gasteiger partial charge in [-0.2, -0.15) is 4.31 Å². The number of anilines is 1. The zero-order valence-electron chi connectivity index (χ0n) is 15.6. The molecule has 0 saturated heterocycles. The Bertz CT molecular complexity index is 1080. The fraction of sp³-hybridized carbons (Fsp3) is 0.294. The first-order valence-electron chi connectivity index (χ1n) is 8.41. The second-order valence-corrected chi connectivity index (χ2v) is 9.51. The summed E-state index contributed by atoms with van der Waals surface area (Å²) in [6.07, 6.45) is 0. The average molecular weight is 428 g/mol. The monoisotopic (exact) mass is 427 g/mol. The van der Waals surface area contributed by atoms with Crippen molar-refractivity contribution < 1.29 is 21.8 Å². The van der Waals surface area contributed by atoms with Crippen molar-refractivity contribution in [2.75, 3.05) is 17.8 Å². The summed E-state index contributed by atoms with van der Waals surface area (Å²) in [4.78, 5) is 10.1. The number of sulfonamides is 2. The molecule has 0 aliphatic carbocycles. The summed E-state index contributed by atoms with van der Waals surface area (Å²) < 4.78 is 53.8. The van der Waals surface area contributed by atoms with Crippen molar-refractivity contribution in [3.8, 4) is 0 Å². The molecule has 9 nitrogen and oxygen atoms in total. The van der Waals surface area contributed by atoms with Gasteiger partial charge in [-0.3, -0.25) is 14.8 Å². The van der Waals surface area contributed by atoms with Gasteiger partial charge in [0.25, 0.3) is 15.7 Å². The first-order valence-corrected chi connectivity index (χ1v) is 11.3. The molecule has 0 aliphatic rings. The van der Waals surface area contributed by atoms with Gasteiger partial charge >= 0.3 is 0 Å². The summed E-state index contributed by atoms with van der Waals surface area (Å²) in [7, 11) is -7.74. The number of hydrogen-bond donors (Lipinski definition) is 1. The van der Waals surface area contributed by atoms with Gasteiger partial charge < -0.3 is 0 Å². The number of aryl methyl sites for hydroxylation is 1. The zero-order chi connectivity index (χ0) is 21.1. The normalized spacial score (nSPS) is 12.1. The minimum absolute atomic E-state index is 0.0469. The van der Waals surface area contributed by atoms with Crippen molar-refractivity contribution >= 4 is 31.4 Å². The maximum absolute atomic E-state index is 12.6. The number of nitrogens with one attached hydrogen (secondary N) is 1. The first kappa shape index (κ1) is 21.8. The Hall–Kier alpha value is -2.50. The lowest BCUT2D eigenvalue weighted by Crippen LogP contribution is -2.30. The Labute approximate surface area is 164 Å². The maximum atomic E-state index is 12.6. The zero-order valence-corrected chi connectivity index (χ0v) is 17.2. The molecule has 0 aromatic heterocycles. The Morgan fingerprint density at radius 2 is 1.57 bits per heavy atom. The standard InChI is InChI=1S/C17H21N3O6S2/c1-4-19(5-2)28(25,26)16-10-7-14(8-11-16)18-27(23,24)17-12-15(20(21)22)9-6-13(17)3/h6-12,18H,4-5H2,1-3H3. The minimum Gasteiger partial charge on any atom is -0.280 e. The highest BCUT2D eigenvalue weighted by molar-refractivity contribution is 7.92. The van der Waals surface area contributed by atoms with Gasteiger partial charge in [-0.1, -0.05) is 19.9 Å². The lowest BCUT2D eigenvalue weighted by molar-refractivity contribution is -0.385. The summed E-state index contributed by atoms with van der Waals surface area (Å²) in [6.45, 7) is 5.62. The minimum atomic E-state index is -4.09. The molecule has 0 radical (unpaired) electrons. The molecule has 2 rings (SSSR count). The molecule has 152 valence electrons. The smallest absolute Gasteiger partial charge is 0.270 e. The summed E-state index contributed by atoms with van der Waals surface area (Å²) in [5, 5.41) is 10.9. The highest BCUT2D eigenvalue weighted by atomic mass is 32.2. The number of benzene rings is 2. The molecular weight excluding hydrogens is 406 g/mol. The van der Waals surface area contributed by atoms with Crippen molar-refractivity contribution in [3.05, 3.63) is 58.1 Å². The van der Waals surface area contributed by atoms with Crippen LogP contribution in [0.25, 0.3) is 0 Å². The van der Waals surface area contributed by atoms with Gasteiger partial charge in [-0.05, 0) is 36.8 Å². The van der Waals surface area contributed by atoms with E-state index in [0.717, 1.165) is 6.07 Å². The second kappa shape index (κ2) is 8.25. The van der Waals surface area contributed by atoms with E-state index in [2.05, 4.69) is 4.72 Å². The third kappa shape index (κ3) is 4.49. The molecular formula is C17H21N3O6S2. The third-order valence-corrected chi connectivity index (χ3v) is 7.71. The third-order valence-electron chi connectivity index (χ3n) is 4.12. The maximum Gasteiger partial charge on any atom is 0.270 e. The van der Waals surface area contributed by atoms with Crippen LogP contribution in [0.3, 0.4) is 0 Å². The SMILES string of the molecule is CCN(CC)S(=O)(=O)c1ccc(NS(=O)(=O)c2cc([N+](=O)[O-])ccc2C)cc1. The molecule has 0 heterocycles. The van der Waals surface area contributed by atoms with Crippen molar-refractivity contribution in [2.24, 2.45) is 0 Å². The Balaban J connectivity index is 2.34. The summed E-state index contributed by atoms with van der Waals surface area (Å²) in [5.41, 5.74) is 0.148. The second-order valence-electron chi connectivity index (χ2n) is 5.93. The number of nitro groups is 1. The van der Waals surface area contributed by atoms with Crippen LogP contribution in [0.15, 0.2) is 52.3 Å². The predicted octanol–water partition coefficient (Wildman–Crippen LogP) is 2.73. The van der Waals surface area contributed by atoms with Gasteiger partial charge in [0.15, 0.2) is 0 Å². The van der Waals surface area contributed by atoms with E-state index >= 15 is 0 Å². The molecule has 0 unspecified atom stereocenters. The predicted molar refractivity (Wildman–Crippen MR) is 105 cm³/mol. The van der Waals surface area contributed by atoms with E-state index < -0.39 is 25.0 Å². The van der Waals surface area contributed by atoms with Crippen molar-refractivity contribution in [1.82, 2.24) is 4.31 Å². The fourth-order valence-corrected chi connectivity index (χ4v) is 5.39. The molecule has 0 atom stereocenters. The van der Waals surface area contributed by atoms with Crippen LogP contribution in [0, 0.1) is 17.0 Å². The van der Waals surface area contributed by atoms with E-state index in [1.165, 1.54) is 47.6 Å². The largest absolute Gasteiger partial charge is 0.280 e.